The SMILES string of the molecule is CN(C)[C@H]1C(=O)C(C(N)=O)C(=O)[C@@]2(O)C(=O)C3C(=O)c4c(O)ccc(-c5ccc(F)c(F)c5)c4C[C@@H]3C[C@H]12. The molecule has 0 spiro atoms. The van der Waals surface area contributed by atoms with E-state index in [2.05, 4.69) is 0 Å². The number of nitrogens with two attached hydrogens (primary N) is 1. The maximum absolute atomic E-state index is 14.0. The van der Waals surface area contributed by atoms with Crippen molar-refractivity contribution in [2.45, 2.75) is 24.5 Å². The van der Waals surface area contributed by atoms with Gasteiger partial charge >= 0.3 is 0 Å². The van der Waals surface area contributed by atoms with E-state index < -0.39 is 81.7 Å². The first kappa shape index (κ1) is 25.8. The van der Waals surface area contributed by atoms with Gasteiger partial charge < -0.3 is 15.9 Å². The number of likely N-dealkylation sites (N-methyl/N-ethyl adjacent to an activating group) is 1. The van der Waals surface area contributed by atoms with Crippen LogP contribution in [0.15, 0.2) is 30.3 Å². The molecule has 4 N–H and O–H groups in total. The summed E-state index contributed by atoms with van der Waals surface area (Å²) in [7, 11) is 2.99. The van der Waals surface area contributed by atoms with E-state index in [9.17, 15) is 43.0 Å². The van der Waals surface area contributed by atoms with E-state index in [0.717, 1.165) is 12.1 Å². The van der Waals surface area contributed by atoms with Gasteiger partial charge in [0.25, 0.3) is 0 Å². The number of phenols is 1. The molecule has 0 radical (unpaired) electrons. The number of Topliss-reactive ketones (excluding diaryl/α,β-unsaturated/α-hetero) is 4. The first-order chi connectivity index (χ1) is 17.8. The number of aliphatic hydroxyl groups is 1. The zero-order valence-electron chi connectivity index (χ0n) is 20.4. The second-order valence-electron chi connectivity index (χ2n) is 10.4. The van der Waals surface area contributed by atoms with Gasteiger partial charge in [0.05, 0.1) is 17.5 Å². The van der Waals surface area contributed by atoms with Crippen LogP contribution < -0.4 is 5.73 Å². The smallest absolute Gasteiger partial charge is 0.235 e. The van der Waals surface area contributed by atoms with Crippen molar-refractivity contribution in [3.05, 3.63) is 53.1 Å². The Kier molecular flexibility index (Phi) is 5.84. The van der Waals surface area contributed by atoms with Crippen LogP contribution in [-0.4, -0.2) is 69.9 Å². The van der Waals surface area contributed by atoms with Gasteiger partial charge in [0.15, 0.2) is 46.3 Å². The Morgan fingerprint density at radius 2 is 1.74 bits per heavy atom. The summed E-state index contributed by atoms with van der Waals surface area (Å²) in [4.78, 5) is 67.3. The number of benzene rings is 2. The molecule has 2 aromatic rings. The summed E-state index contributed by atoms with van der Waals surface area (Å²) in [6.45, 7) is 0. The van der Waals surface area contributed by atoms with E-state index in [4.69, 9.17) is 5.73 Å². The van der Waals surface area contributed by atoms with Gasteiger partial charge in [-0.25, -0.2) is 8.78 Å². The fourth-order valence-electron chi connectivity index (χ4n) is 6.54. The lowest BCUT2D eigenvalue weighted by atomic mass is 9.52. The van der Waals surface area contributed by atoms with Crippen LogP contribution in [-0.2, 0) is 25.6 Å². The van der Waals surface area contributed by atoms with Crippen molar-refractivity contribution in [2.24, 2.45) is 29.4 Å². The number of hydrogen-bond donors (Lipinski definition) is 3. The molecule has 2 saturated carbocycles. The molecule has 0 aromatic heterocycles. The summed E-state index contributed by atoms with van der Waals surface area (Å²) >= 11 is 0. The average molecular weight is 526 g/mol. The van der Waals surface area contributed by atoms with Crippen molar-refractivity contribution in [1.82, 2.24) is 4.90 Å². The summed E-state index contributed by atoms with van der Waals surface area (Å²) in [6, 6.07) is 4.62. The van der Waals surface area contributed by atoms with Crippen LogP contribution in [0.5, 0.6) is 5.75 Å². The zero-order chi connectivity index (χ0) is 27.8. The van der Waals surface area contributed by atoms with E-state index in [0.29, 0.717) is 11.1 Å². The molecule has 6 atom stereocenters. The standard InChI is InChI=1S/C27H24F2N2O7/c1-31(2)21-14-8-11-7-13-12(10-3-5-15(28)16(29)9-10)4-6-17(32)19(13)22(33)18(11)24(35)27(14,38)25(36)20(23(21)34)26(30)37/h3-6,9,11,14,18,20-21,32,38H,7-8H2,1-2H3,(H2,30,37)/t11-,14-,18?,20?,21-,27+/m1/s1. The molecule has 3 aliphatic carbocycles. The van der Waals surface area contributed by atoms with E-state index in [1.54, 1.807) is 0 Å². The lowest BCUT2D eigenvalue weighted by Gasteiger charge is -2.52. The Morgan fingerprint density at radius 1 is 1.05 bits per heavy atom. The molecule has 2 unspecified atom stereocenters. The third-order valence-corrected chi connectivity index (χ3v) is 8.18. The van der Waals surface area contributed by atoms with Crippen molar-refractivity contribution >= 4 is 29.0 Å². The van der Waals surface area contributed by atoms with Crippen LogP contribution in [0, 0.1) is 35.3 Å². The van der Waals surface area contributed by atoms with Gasteiger partial charge in [-0.15, -0.1) is 0 Å². The molecule has 0 bridgehead atoms. The highest BCUT2D eigenvalue weighted by atomic mass is 19.2. The number of amides is 1. The number of carbonyl (C=O) groups is 5. The Morgan fingerprint density at radius 3 is 2.34 bits per heavy atom. The molecule has 2 aromatic carbocycles. The first-order valence-corrected chi connectivity index (χ1v) is 12.0. The number of fused-ring (bicyclic) bond motifs is 3. The van der Waals surface area contributed by atoms with Crippen LogP contribution >= 0.6 is 0 Å². The van der Waals surface area contributed by atoms with Crippen molar-refractivity contribution < 1.29 is 43.0 Å². The normalized spacial score (nSPS) is 30.6. The third-order valence-electron chi connectivity index (χ3n) is 8.18. The molecule has 9 nitrogen and oxygen atoms in total. The maximum atomic E-state index is 14.0. The van der Waals surface area contributed by atoms with Gasteiger partial charge in [-0.05, 0) is 67.7 Å². The fraction of sp³-hybridized carbons (Fsp3) is 0.370. The zero-order valence-corrected chi connectivity index (χ0v) is 20.4. The number of nitrogens with zero attached hydrogens (tertiary/aromatic N) is 1. The summed E-state index contributed by atoms with van der Waals surface area (Å²) in [6.07, 6.45) is -0.106. The molecule has 3 aliphatic rings. The molecule has 198 valence electrons. The second-order valence-corrected chi connectivity index (χ2v) is 10.4. The molecular weight excluding hydrogens is 502 g/mol. The molecule has 38 heavy (non-hydrogen) atoms. The Bertz CT molecular complexity index is 1460. The van der Waals surface area contributed by atoms with E-state index >= 15 is 0 Å². The van der Waals surface area contributed by atoms with Crippen molar-refractivity contribution in [3.8, 4) is 16.9 Å². The average Bonchev–Trinajstić information content (AvgIpc) is 2.83. The summed E-state index contributed by atoms with van der Waals surface area (Å²) in [5.74, 6) is -13.8. The van der Waals surface area contributed by atoms with Gasteiger partial charge in [-0.2, -0.15) is 0 Å². The lowest BCUT2D eigenvalue weighted by molar-refractivity contribution is -0.181. The van der Waals surface area contributed by atoms with E-state index in [1.165, 1.54) is 37.2 Å². The van der Waals surface area contributed by atoms with E-state index in [1.807, 2.05) is 0 Å². The molecule has 0 saturated heterocycles. The number of aromatic hydroxyl groups is 1. The van der Waals surface area contributed by atoms with E-state index in [-0.39, 0.29) is 24.0 Å². The predicted octanol–water partition coefficient (Wildman–Crippen LogP) is 0.812. The minimum Gasteiger partial charge on any atom is -0.507 e. The first-order valence-electron chi connectivity index (χ1n) is 12.0. The highest BCUT2D eigenvalue weighted by molar-refractivity contribution is 6.32. The molecular formula is C27H24F2N2O7. The Labute approximate surface area is 215 Å². The minimum atomic E-state index is -2.82. The van der Waals surface area contributed by atoms with Crippen molar-refractivity contribution in [3.63, 3.8) is 0 Å². The number of hydrogen-bond acceptors (Lipinski definition) is 8. The monoisotopic (exact) mass is 526 g/mol. The quantitative estimate of drug-likeness (QED) is 0.497. The van der Waals surface area contributed by atoms with Gasteiger partial charge in [-0.3, -0.25) is 28.9 Å². The molecule has 5 rings (SSSR count). The molecule has 1 amide bonds. The summed E-state index contributed by atoms with van der Waals surface area (Å²) in [5.41, 5.74) is 3.13. The summed E-state index contributed by atoms with van der Waals surface area (Å²) < 4.78 is 27.6. The molecule has 11 heteroatoms. The third kappa shape index (κ3) is 3.38. The predicted molar refractivity (Wildman–Crippen MR) is 127 cm³/mol. The number of carbonyl (C=O) groups excluding carboxylic acids is 5. The largest absolute Gasteiger partial charge is 0.507 e. The highest BCUT2D eigenvalue weighted by Gasteiger charge is 2.69. The minimum absolute atomic E-state index is 0.00850. The van der Waals surface area contributed by atoms with Crippen molar-refractivity contribution in [1.29, 1.82) is 0 Å². The second kappa shape index (κ2) is 8.60. The molecule has 0 heterocycles. The molecule has 2 fully saturated rings. The van der Waals surface area contributed by atoms with Gasteiger partial charge in [0, 0.05) is 5.92 Å². The van der Waals surface area contributed by atoms with Crippen LogP contribution in [0.4, 0.5) is 8.78 Å². The maximum Gasteiger partial charge on any atom is 0.235 e. The van der Waals surface area contributed by atoms with Crippen LogP contribution in [0.2, 0.25) is 0 Å². The Balaban J connectivity index is 1.66. The fourth-order valence-corrected chi connectivity index (χ4v) is 6.54. The Hall–Kier alpha value is -3.83. The number of halogens is 2. The number of primary amides is 1. The number of phenolic OH excluding ortho intramolecular Hbond substituents is 1. The van der Waals surface area contributed by atoms with Crippen molar-refractivity contribution in [2.75, 3.05) is 14.1 Å². The number of rotatable bonds is 3. The number of ketones is 4. The highest BCUT2D eigenvalue weighted by Crippen LogP contribution is 2.51. The molecule has 0 aliphatic heterocycles. The van der Waals surface area contributed by atoms with Crippen LogP contribution in [0.25, 0.3) is 11.1 Å². The van der Waals surface area contributed by atoms with Crippen LogP contribution in [0.3, 0.4) is 0 Å². The van der Waals surface area contributed by atoms with Gasteiger partial charge in [-0.1, -0.05) is 12.1 Å². The lowest BCUT2D eigenvalue weighted by Crippen LogP contribution is -2.74. The topological polar surface area (TPSA) is 155 Å². The van der Waals surface area contributed by atoms with Crippen LogP contribution in [0.1, 0.15) is 22.3 Å². The summed E-state index contributed by atoms with van der Waals surface area (Å²) in [5, 5.41) is 22.1. The van der Waals surface area contributed by atoms with Gasteiger partial charge in [0.1, 0.15) is 5.75 Å². The van der Waals surface area contributed by atoms with Gasteiger partial charge in [0.2, 0.25) is 5.91 Å².